The lowest BCUT2D eigenvalue weighted by Gasteiger charge is -2.04. The van der Waals surface area contributed by atoms with E-state index in [9.17, 15) is 4.79 Å². The summed E-state index contributed by atoms with van der Waals surface area (Å²) >= 11 is 11.3. The summed E-state index contributed by atoms with van der Waals surface area (Å²) in [4.78, 5) is 10.6. The summed E-state index contributed by atoms with van der Waals surface area (Å²) in [5.74, 6) is -2.41. The van der Waals surface area contributed by atoms with Gasteiger partial charge < -0.3 is 5.11 Å². The number of carboxylic acid groups (broad SMARTS) is 1. The van der Waals surface area contributed by atoms with Gasteiger partial charge in [0, 0.05) is 0 Å². The Kier molecular flexibility index (Phi) is 3.34. The number of hydrogen-bond acceptors (Lipinski definition) is 2. The van der Waals surface area contributed by atoms with Gasteiger partial charge in [-0.3, -0.25) is 4.79 Å². The first-order valence-corrected chi connectivity index (χ1v) is 4.39. The number of halogens is 2. The number of hydrogen-bond donors (Lipinski definition) is 1. The normalized spacial score (nSPS) is 11.8. The van der Waals surface area contributed by atoms with Crippen LogP contribution in [0.2, 0.25) is 10.0 Å². The molecule has 0 amide bonds. The summed E-state index contributed by atoms with van der Waals surface area (Å²) in [5.41, 5.74) is 0.328. The van der Waals surface area contributed by atoms with Crippen LogP contribution >= 0.6 is 23.2 Å². The molecule has 0 aromatic heterocycles. The van der Waals surface area contributed by atoms with Crippen molar-refractivity contribution < 1.29 is 9.90 Å². The fourth-order valence-electron chi connectivity index (χ4n) is 0.964. The number of aliphatic carboxylic acids is 1. The lowest BCUT2D eigenvalue weighted by molar-refractivity contribution is -0.137. The molecule has 0 bridgehead atoms. The van der Waals surface area contributed by atoms with Crippen LogP contribution in [-0.2, 0) is 4.79 Å². The van der Waals surface area contributed by atoms with E-state index < -0.39 is 11.9 Å². The smallest absolute Gasteiger partial charge is 0.325 e. The van der Waals surface area contributed by atoms with Gasteiger partial charge in [0.2, 0.25) is 0 Å². The van der Waals surface area contributed by atoms with Gasteiger partial charge in [0.15, 0.2) is 5.92 Å². The molecule has 1 atom stereocenters. The highest BCUT2D eigenvalue weighted by Crippen LogP contribution is 2.26. The van der Waals surface area contributed by atoms with Crippen LogP contribution in [0, 0.1) is 11.3 Å². The summed E-state index contributed by atoms with van der Waals surface area (Å²) in [6.45, 7) is 0. The molecule has 0 saturated carbocycles. The lowest BCUT2D eigenvalue weighted by atomic mass is 10.0. The second-order valence-electron chi connectivity index (χ2n) is 2.57. The van der Waals surface area contributed by atoms with Gasteiger partial charge in [-0.15, -0.1) is 0 Å². The molecule has 1 aromatic carbocycles. The van der Waals surface area contributed by atoms with E-state index >= 15 is 0 Å². The van der Waals surface area contributed by atoms with Crippen LogP contribution in [0.4, 0.5) is 0 Å². The molecule has 1 rings (SSSR count). The van der Waals surface area contributed by atoms with Crippen LogP contribution in [0.1, 0.15) is 11.5 Å². The molecule has 0 aliphatic rings. The first-order chi connectivity index (χ1) is 6.56. The average Bonchev–Trinajstić information content (AvgIpc) is 2.11. The molecule has 14 heavy (non-hydrogen) atoms. The first kappa shape index (κ1) is 10.8. The Balaban J connectivity index is 3.14. The Labute approximate surface area is 90.5 Å². The van der Waals surface area contributed by atoms with E-state index in [0.29, 0.717) is 10.6 Å². The van der Waals surface area contributed by atoms with Crippen molar-refractivity contribution in [3.05, 3.63) is 33.8 Å². The van der Waals surface area contributed by atoms with Crippen LogP contribution in [0.25, 0.3) is 0 Å². The zero-order valence-corrected chi connectivity index (χ0v) is 8.38. The van der Waals surface area contributed by atoms with Crippen molar-refractivity contribution in [1.82, 2.24) is 0 Å². The Bertz CT molecular complexity index is 412. The number of rotatable bonds is 2. The van der Waals surface area contributed by atoms with E-state index in [2.05, 4.69) is 0 Å². The molecule has 0 saturated heterocycles. The van der Waals surface area contributed by atoms with E-state index in [-0.39, 0.29) is 5.02 Å². The minimum atomic E-state index is -1.20. The van der Waals surface area contributed by atoms with Gasteiger partial charge in [0.1, 0.15) is 0 Å². The molecule has 72 valence electrons. The molecule has 0 unspecified atom stereocenters. The molecule has 0 aliphatic carbocycles. The third-order valence-corrected chi connectivity index (χ3v) is 2.39. The van der Waals surface area contributed by atoms with Crippen LogP contribution < -0.4 is 0 Å². The van der Waals surface area contributed by atoms with Crippen molar-refractivity contribution in [2.45, 2.75) is 5.92 Å². The third kappa shape index (κ3) is 2.16. The number of benzene rings is 1. The molecule has 0 radical (unpaired) electrons. The fraction of sp³-hybridized carbons (Fsp3) is 0.111. The van der Waals surface area contributed by atoms with Gasteiger partial charge in [-0.25, -0.2) is 0 Å². The zero-order valence-electron chi connectivity index (χ0n) is 6.87. The molecule has 0 aliphatic heterocycles. The maximum absolute atomic E-state index is 10.6. The van der Waals surface area contributed by atoms with Gasteiger partial charge >= 0.3 is 5.97 Å². The van der Waals surface area contributed by atoms with Gasteiger partial charge in [0.05, 0.1) is 16.1 Å². The van der Waals surface area contributed by atoms with Crippen molar-refractivity contribution in [1.29, 1.82) is 5.26 Å². The molecule has 5 heteroatoms. The standard InChI is InChI=1S/C9H5Cl2NO2/c10-7-2-1-5(3-8(7)11)6(4-12)9(13)14/h1-3,6H,(H,13,14)/t6-/m1/s1. The number of carboxylic acids is 1. The quantitative estimate of drug-likeness (QED) is 0.849. The lowest BCUT2D eigenvalue weighted by Crippen LogP contribution is -2.08. The summed E-state index contributed by atoms with van der Waals surface area (Å²) in [6, 6.07) is 5.98. The van der Waals surface area contributed by atoms with E-state index in [1.165, 1.54) is 18.2 Å². The van der Waals surface area contributed by atoms with Crippen LogP contribution in [-0.4, -0.2) is 11.1 Å². The highest BCUT2D eigenvalue weighted by Gasteiger charge is 2.19. The molecule has 0 heterocycles. The third-order valence-electron chi connectivity index (χ3n) is 1.65. The Morgan fingerprint density at radius 3 is 2.50 bits per heavy atom. The second kappa shape index (κ2) is 4.32. The molecule has 1 N–H and O–H groups in total. The van der Waals surface area contributed by atoms with Crippen LogP contribution in [0.15, 0.2) is 18.2 Å². The van der Waals surface area contributed by atoms with E-state index in [1.54, 1.807) is 6.07 Å². The van der Waals surface area contributed by atoms with Gasteiger partial charge in [-0.2, -0.15) is 5.26 Å². The fourth-order valence-corrected chi connectivity index (χ4v) is 1.27. The monoisotopic (exact) mass is 229 g/mol. The SMILES string of the molecule is N#C[C@@H](C(=O)O)c1ccc(Cl)c(Cl)c1. The first-order valence-electron chi connectivity index (χ1n) is 3.63. The topological polar surface area (TPSA) is 61.1 Å². The van der Waals surface area contributed by atoms with Crippen LogP contribution in [0.5, 0.6) is 0 Å². The van der Waals surface area contributed by atoms with E-state index in [4.69, 9.17) is 33.6 Å². The predicted octanol–water partition coefficient (Wildman–Crippen LogP) is 2.69. The molecule has 0 spiro atoms. The highest BCUT2D eigenvalue weighted by molar-refractivity contribution is 6.42. The zero-order chi connectivity index (χ0) is 10.7. The Morgan fingerprint density at radius 1 is 1.43 bits per heavy atom. The minimum absolute atomic E-state index is 0.241. The minimum Gasteiger partial charge on any atom is -0.480 e. The van der Waals surface area contributed by atoms with Crippen molar-refractivity contribution in [2.75, 3.05) is 0 Å². The van der Waals surface area contributed by atoms with Gasteiger partial charge in [-0.1, -0.05) is 29.3 Å². The molecular weight excluding hydrogens is 225 g/mol. The number of nitriles is 1. The molecule has 1 aromatic rings. The van der Waals surface area contributed by atoms with Gasteiger partial charge in [-0.05, 0) is 17.7 Å². The van der Waals surface area contributed by atoms with Crippen LogP contribution in [0.3, 0.4) is 0 Å². The van der Waals surface area contributed by atoms with E-state index in [1.807, 2.05) is 0 Å². The van der Waals surface area contributed by atoms with E-state index in [0.717, 1.165) is 0 Å². The highest BCUT2D eigenvalue weighted by atomic mass is 35.5. The largest absolute Gasteiger partial charge is 0.480 e. The Hall–Kier alpha value is -1.24. The summed E-state index contributed by atoms with van der Waals surface area (Å²) in [7, 11) is 0. The van der Waals surface area contributed by atoms with Crippen molar-refractivity contribution in [2.24, 2.45) is 0 Å². The van der Waals surface area contributed by atoms with Crippen molar-refractivity contribution >= 4 is 29.2 Å². The predicted molar refractivity (Wildman–Crippen MR) is 52.5 cm³/mol. The summed E-state index contributed by atoms with van der Waals surface area (Å²) < 4.78 is 0. The maximum atomic E-state index is 10.6. The molecule has 0 fully saturated rings. The molecule has 3 nitrogen and oxygen atoms in total. The van der Waals surface area contributed by atoms with Gasteiger partial charge in [0.25, 0.3) is 0 Å². The average molecular weight is 230 g/mol. The van der Waals surface area contributed by atoms with Crippen molar-refractivity contribution in [3.8, 4) is 6.07 Å². The summed E-state index contributed by atoms with van der Waals surface area (Å²) in [6.07, 6.45) is 0. The second-order valence-corrected chi connectivity index (χ2v) is 3.39. The van der Waals surface area contributed by atoms with Crippen molar-refractivity contribution in [3.63, 3.8) is 0 Å². The molecular formula is C9H5Cl2NO2. The maximum Gasteiger partial charge on any atom is 0.325 e. The number of carbonyl (C=O) groups is 1. The Morgan fingerprint density at radius 2 is 2.07 bits per heavy atom. The number of nitrogens with zero attached hydrogens (tertiary/aromatic N) is 1. The summed E-state index contributed by atoms with van der Waals surface area (Å²) in [5, 5.41) is 17.9.